The van der Waals surface area contributed by atoms with Crippen LogP contribution in [0.25, 0.3) is 0 Å². The van der Waals surface area contributed by atoms with Gasteiger partial charge in [0.2, 0.25) is 29.9 Å². The molecule has 0 radical (unpaired) electrons. The quantitative estimate of drug-likeness (QED) is 0.0206. The van der Waals surface area contributed by atoms with Crippen molar-refractivity contribution >= 4 is 96.1 Å². The summed E-state index contributed by atoms with van der Waals surface area (Å²) >= 11 is 0. The predicted octanol–water partition coefficient (Wildman–Crippen LogP) is 6.43. The summed E-state index contributed by atoms with van der Waals surface area (Å²) in [5.41, 5.74) is 3.00. The molecule has 6 aromatic rings. The van der Waals surface area contributed by atoms with Gasteiger partial charge in [-0.3, -0.25) is 28.8 Å². The fourth-order valence-electron chi connectivity index (χ4n) is 23.5. The Morgan fingerprint density at radius 2 is 0.793 bits per heavy atom. The number of ketones is 1. The summed E-state index contributed by atoms with van der Waals surface area (Å²) in [5, 5.41) is 85.3. The number of likely N-dealkylation sites (tertiary alicyclic amines) is 3. The van der Waals surface area contributed by atoms with Gasteiger partial charge in [-0.2, -0.15) is 0 Å². The summed E-state index contributed by atoms with van der Waals surface area (Å²) in [7, 11) is 6.04. The third kappa shape index (κ3) is 17.2. The van der Waals surface area contributed by atoms with E-state index < -0.39 is 184 Å². The van der Waals surface area contributed by atoms with E-state index >= 15 is 0 Å². The van der Waals surface area contributed by atoms with Gasteiger partial charge in [-0.1, -0.05) is 135 Å². The van der Waals surface area contributed by atoms with Crippen LogP contribution in [0.4, 0.5) is 0 Å². The van der Waals surface area contributed by atoms with E-state index in [-0.39, 0.29) is 119 Å². The minimum absolute atomic E-state index is 0. The molecule has 9 aliphatic heterocycles. The van der Waals surface area contributed by atoms with Gasteiger partial charge in [-0.15, -0.1) is 29.9 Å². The molecule has 21 rings (SSSR count). The van der Waals surface area contributed by atoms with Crippen LogP contribution in [-0.4, -0.2) is 256 Å². The highest BCUT2D eigenvalue weighted by Gasteiger charge is 2.76. The first-order valence-electron chi connectivity index (χ1n) is 45.7. The smallest absolute Gasteiger partial charge is 0.378 e. The van der Waals surface area contributed by atoms with Crippen LogP contribution in [0, 0.1) is 0 Å². The monoisotopic (exact) mass is 1980 g/mol. The predicted molar refractivity (Wildman–Crippen MR) is 488 cm³/mol. The number of carboxylic acid groups (broad SMARTS) is 1. The second-order valence-electron chi connectivity index (χ2n) is 38.4. The molecule has 37 nitrogen and oxygen atoms in total. The van der Waals surface area contributed by atoms with E-state index in [1.54, 1.807) is 105 Å². The van der Waals surface area contributed by atoms with E-state index in [9.17, 15) is 93.3 Å². The second-order valence-corrected chi connectivity index (χ2v) is 38.4. The Labute approximate surface area is 816 Å². The molecule has 6 aromatic carbocycles. The van der Waals surface area contributed by atoms with E-state index in [1.807, 2.05) is 50.5 Å². The van der Waals surface area contributed by atoms with Crippen LogP contribution in [-0.2, 0) is 160 Å². The van der Waals surface area contributed by atoms with Crippen LogP contribution >= 0.6 is 24.8 Å². The van der Waals surface area contributed by atoms with Crippen molar-refractivity contribution in [3.05, 3.63) is 218 Å². The Balaban J connectivity index is 0.000000144. The van der Waals surface area contributed by atoms with Crippen molar-refractivity contribution in [1.82, 2.24) is 19.8 Å². The molecule has 2 amide bonds. The Morgan fingerprint density at radius 1 is 0.450 bits per heavy atom. The summed E-state index contributed by atoms with van der Waals surface area (Å²) in [6.45, 7) is 7.77. The molecule has 140 heavy (non-hydrogen) atoms. The minimum Gasteiger partial charge on any atom is -0.481 e. The molecule has 39 heteroatoms. The Kier molecular flexibility index (Phi) is 28.6. The van der Waals surface area contributed by atoms with Gasteiger partial charge in [0.05, 0.1) is 72.1 Å². The average molecular weight is 1980 g/mol. The van der Waals surface area contributed by atoms with Gasteiger partial charge >= 0.3 is 53.7 Å². The highest BCUT2D eigenvalue weighted by atomic mass is 35.5. The third-order valence-corrected chi connectivity index (χ3v) is 29.8. The highest BCUT2D eigenvalue weighted by Crippen LogP contribution is 2.68. The standard InChI is InChI=1S/C33H35NO10.C30H31NO10.C19H19NO9.C18H21NO4.CH4.2ClH/c1-31(2)43-22(29(37)44-31)16-24(36)41-27(18-7-5-4-6-8-18)30(38)40-21-11-12-33(39)23-15-19-9-10-20(17-35)26-25(19)32(33,28(21)42-26)13-14-34(23)3;1-31-12-11-29-23-17-7-8-18(15-32)24(23)41-26(29)20(9-10-30(29,38)21(31)13-17)39-28(37)25(16-5-3-2-4-6-16)40-22(34)14-19(33)27(35)36;1-19(2)27-12(17(24)28-19)10-15(23)26-16(11-6-4-3-5-7-11)18(25)29-20-13(21)8-9-14(20)22;1-19-7-6-17-14-10-2-3-11(9-20)15(14)23-16(17)12(21)4-5-18(17,22)13(19)8-10;;;/h4-11,22-23,27-28,35,39H,12-17H2,1-3H3;2-9,19,21,25-26,32-33,38H,10-15H2,1H3,(H,35,36);3-7,12,16H,8-10H2,1-2H3;2-3,13,16,20,22H,4-9H2,1H3;1H4;2*1H/t22-,23+,27-,28-,32-,33+;19-,21+,25-,26-,29-,30+;12-,16-;13-,16+,17+,18-;;;/m0001.../s1. The fourth-order valence-corrected chi connectivity index (χ4v) is 23.5. The number of Topliss-reactive ketones (excluding diaryl/α,β-unsaturated/α-hetero) is 1. The number of likely N-dealkylation sites (N-methyl/N-ethyl adjacent to an activating group) is 3. The first kappa shape index (κ1) is 103. The highest BCUT2D eigenvalue weighted by molar-refractivity contribution is 6.02. The summed E-state index contributed by atoms with van der Waals surface area (Å²) in [6.07, 6.45) is -4.68. The number of hydroxylamine groups is 2. The number of esters is 7. The van der Waals surface area contributed by atoms with Crippen molar-refractivity contribution in [2.45, 2.75) is 269 Å². The lowest BCUT2D eigenvalue weighted by molar-refractivity contribution is -0.206. The summed E-state index contributed by atoms with van der Waals surface area (Å²) in [6, 6.07) is 35.7. The number of benzene rings is 6. The lowest BCUT2D eigenvalue weighted by Gasteiger charge is -2.62. The molecule has 1 saturated carbocycles. The number of cyclic esters (lactones) is 2. The number of amides is 2. The molecule has 3 spiro atoms. The number of carbonyl (C=O) groups excluding carboxylic acids is 11. The zero-order chi connectivity index (χ0) is 97.3. The van der Waals surface area contributed by atoms with Crippen LogP contribution in [0.5, 0.6) is 17.2 Å². The van der Waals surface area contributed by atoms with E-state index in [0.717, 1.165) is 58.3 Å². The van der Waals surface area contributed by atoms with Gasteiger partial charge in [0.25, 0.3) is 11.8 Å². The number of carboxylic acids is 1. The molecule has 18 atom stereocenters. The molecular weight excluding hydrogens is 1870 g/mol. The number of nitrogens with zero attached hydrogens (tertiary/aromatic N) is 4. The number of hydrogen-bond donors (Lipinski definition) is 8. The van der Waals surface area contributed by atoms with Gasteiger partial charge in [0.1, 0.15) is 28.8 Å². The van der Waals surface area contributed by atoms with Crippen LogP contribution < -0.4 is 14.2 Å². The van der Waals surface area contributed by atoms with Gasteiger partial charge in [0, 0.05) is 128 Å². The normalized spacial score (nSPS) is 29.6. The molecule has 6 bridgehead atoms. The molecule has 6 saturated heterocycles. The number of rotatable bonds is 22. The molecule has 9 heterocycles. The molecular formula is C101H112Cl2N4O33. The number of ether oxygens (including phenoxy) is 12. The van der Waals surface area contributed by atoms with Crippen molar-refractivity contribution in [3.63, 3.8) is 0 Å². The maximum absolute atomic E-state index is 13.9. The minimum atomic E-state index is -1.99. The van der Waals surface area contributed by atoms with Crippen molar-refractivity contribution in [2.24, 2.45) is 0 Å². The number of aliphatic hydroxyl groups excluding tert-OH is 4. The zero-order valence-corrected chi connectivity index (χ0v) is 78.6. The first-order valence-corrected chi connectivity index (χ1v) is 45.7. The number of halogens is 2. The van der Waals surface area contributed by atoms with Crippen LogP contribution in [0.2, 0.25) is 0 Å². The maximum Gasteiger partial charge on any atom is 0.378 e. The van der Waals surface area contributed by atoms with Crippen molar-refractivity contribution in [2.75, 3.05) is 40.8 Å². The van der Waals surface area contributed by atoms with Crippen molar-refractivity contribution in [1.29, 1.82) is 0 Å². The number of aliphatic carboxylic acids is 1. The van der Waals surface area contributed by atoms with E-state index in [4.69, 9.17) is 66.8 Å². The Hall–Kier alpha value is -11.7. The molecule has 15 aliphatic rings. The molecule has 0 aromatic heterocycles. The Morgan fingerprint density at radius 3 is 1.14 bits per heavy atom. The number of piperidine rings is 3. The summed E-state index contributed by atoms with van der Waals surface area (Å²) in [5.74, 6) is -10.3. The van der Waals surface area contributed by atoms with E-state index in [2.05, 4.69) is 21.7 Å². The van der Waals surface area contributed by atoms with Crippen LogP contribution in [0.3, 0.4) is 0 Å². The van der Waals surface area contributed by atoms with Crippen molar-refractivity contribution in [3.8, 4) is 17.2 Å². The van der Waals surface area contributed by atoms with E-state index in [0.29, 0.717) is 96.2 Å². The van der Waals surface area contributed by atoms with Gasteiger partial charge in [-0.05, 0) is 115 Å². The van der Waals surface area contributed by atoms with E-state index in [1.165, 1.54) is 26.0 Å². The summed E-state index contributed by atoms with van der Waals surface area (Å²) < 4.78 is 68.2. The van der Waals surface area contributed by atoms with Crippen LogP contribution in [0.15, 0.2) is 151 Å². The molecule has 0 unspecified atom stereocenters. The lowest BCUT2D eigenvalue weighted by Crippen LogP contribution is -2.76. The largest absolute Gasteiger partial charge is 0.481 e. The SMILES string of the molecule is C.CC1(C)OC(=O)[C@H](CC(=O)O[C@H](C(=O)ON2C(=O)CCC2=O)c2ccccc2)O1.CN1CC[C@]23c4c5ccc(CO)c4O[C@H]2C(=O)CC[C@@]3(O)[C@H]1C5.CN1CC[C@]23c4c5ccc(CO)c4O[C@H]2C(OC(=O)[C@@H](OC(=O)C[C@@H]2OC(C)(C)OC2=O)c2ccccc2)=CC[C@@]3(O)[C@H]1C5.CN1CC[C@]23c4c5ccc(CO)c4O[C@H]2C(OC(=O)[C@@H](OC(=O)C[C@H](O)C(=O)O)c2ccccc2)=CC[C@@]3(O)[C@H]1C5.Cl.Cl. The summed E-state index contributed by atoms with van der Waals surface area (Å²) in [4.78, 5) is 160. The number of aliphatic hydroxyl groups is 7. The third-order valence-electron chi connectivity index (χ3n) is 29.8. The number of hydrogen-bond acceptors (Lipinski definition) is 35. The average Bonchev–Trinajstić information content (AvgIpc) is 1.47. The molecule has 748 valence electrons. The first-order chi connectivity index (χ1) is 65.3. The number of carbonyl (C=O) groups is 12. The zero-order valence-electron chi connectivity index (χ0n) is 76.9. The maximum atomic E-state index is 13.9. The number of imide groups is 1. The topological polar surface area (TPSA) is 500 Å². The second kappa shape index (κ2) is 39.0. The lowest BCUT2D eigenvalue weighted by atomic mass is 9.49. The van der Waals surface area contributed by atoms with Gasteiger partial charge in [0.15, 0.2) is 42.4 Å². The van der Waals surface area contributed by atoms with Gasteiger partial charge in [-0.25, -0.2) is 28.8 Å². The Bertz CT molecular complexity index is 5980. The van der Waals surface area contributed by atoms with Crippen LogP contribution in [0.1, 0.15) is 197 Å². The van der Waals surface area contributed by atoms with Crippen molar-refractivity contribution < 1.29 is 160 Å². The van der Waals surface area contributed by atoms with Gasteiger partial charge < -0.3 is 117 Å². The molecule has 8 N–H and O–H groups in total. The molecule has 7 fully saturated rings. The fraction of sp³-hybridized carbons (Fsp3) is 0.485. The molecule has 6 aliphatic carbocycles.